The van der Waals surface area contributed by atoms with Crippen LogP contribution >= 0.6 is 22.9 Å². The molecule has 0 atom stereocenters. The number of fused-ring (bicyclic) bond motifs is 1. The van der Waals surface area contributed by atoms with Crippen LogP contribution in [0.4, 0.5) is 10.8 Å². The first-order valence-electron chi connectivity index (χ1n) is 8.81. The molecular formula is C20H15ClN6O2S. The molecule has 0 fully saturated rings. The monoisotopic (exact) mass is 438 g/mol. The molecule has 0 bridgehead atoms. The van der Waals surface area contributed by atoms with Crippen LogP contribution < -0.4 is 16.3 Å². The number of benzene rings is 2. The van der Waals surface area contributed by atoms with E-state index in [1.807, 2.05) is 30.3 Å². The SMILES string of the molecule is Cn1nc(C(=O)N/N=C/c2sc(Nc3ccccc3)nc2Cl)c2ccccc2c1=O. The van der Waals surface area contributed by atoms with Gasteiger partial charge in [-0.25, -0.2) is 15.1 Å². The second kappa shape index (κ2) is 8.44. The summed E-state index contributed by atoms with van der Waals surface area (Å²) in [5, 5.41) is 12.9. The number of halogens is 1. The molecule has 8 nitrogen and oxygen atoms in total. The summed E-state index contributed by atoms with van der Waals surface area (Å²) in [4.78, 5) is 29.6. The first-order chi connectivity index (χ1) is 14.5. The lowest BCUT2D eigenvalue weighted by Crippen LogP contribution is -2.27. The largest absolute Gasteiger partial charge is 0.331 e. The zero-order valence-electron chi connectivity index (χ0n) is 15.7. The number of anilines is 2. The Bertz CT molecular complexity index is 1320. The molecule has 150 valence electrons. The normalized spacial score (nSPS) is 11.1. The van der Waals surface area contributed by atoms with Crippen LogP contribution in [0.3, 0.4) is 0 Å². The lowest BCUT2D eigenvalue weighted by molar-refractivity contribution is 0.0950. The Morgan fingerprint density at radius 2 is 1.83 bits per heavy atom. The molecule has 30 heavy (non-hydrogen) atoms. The number of aryl methyl sites for hydroxylation is 1. The van der Waals surface area contributed by atoms with Gasteiger partial charge in [-0.15, -0.1) is 0 Å². The Morgan fingerprint density at radius 1 is 1.13 bits per heavy atom. The number of para-hydroxylation sites is 1. The summed E-state index contributed by atoms with van der Waals surface area (Å²) in [6, 6.07) is 16.4. The molecule has 0 aliphatic rings. The molecule has 2 aromatic carbocycles. The molecule has 2 N–H and O–H groups in total. The molecule has 0 saturated heterocycles. The molecule has 0 saturated carbocycles. The van der Waals surface area contributed by atoms with E-state index in [1.165, 1.54) is 24.6 Å². The van der Waals surface area contributed by atoms with Gasteiger partial charge in [0, 0.05) is 18.1 Å². The van der Waals surface area contributed by atoms with Gasteiger partial charge in [0.05, 0.1) is 16.5 Å². The van der Waals surface area contributed by atoms with Gasteiger partial charge in [0.2, 0.25) is 0 Å². The molecule has 0 spiro atoms. The van der Waals surface area contributed by atoms with Gasteiger partial charge in [-0.1, -0.05) is 59.3 Å². The van der Waals surface area contributed by atoms with Crippen LogP contribution in [0.5, 0.6) is 0 Å². The number of hydrogen-bond acceptors (Lipinski definition) is 7. The van der Waals surface area contributed by atoms with Crippen molar-refractivity contribution in [1.82, 2.24) is 20.2 Å². The predicted molar refractivity (Wildman–Crippen MR) is 119 cm³/mol. The van der Waals surface area contributed by atoms with Gasteiger partial charge in [0.1, 0.15) is 0 Å². The molecular weight excluding hydrogens is 424 g/mol. The van der Waals surface area contributed by atoms with E-state index < -0.39 is 5.91 Å². The fraction of sp³-hybridized carbons (Fsp3) is 0.0500. The third-order valence-corrected chi connectivity index (χ3v) is 5.46. The van der Waals surface area contributed by atoms with Crippen molar-refractivity contribution >= 4 is 56.7 Å². The van der Waals surface area contributed by atoms with E-state index in [4.69, 9.17) is 11.6 Å². The number of amides is 1. The average molecular weight is 439 g/mol. The van der Waals surface area contributed by atoms with Crippen molar-refractivity contribution in [1.29, 1.82) is 0 Å². The highest BCUT2D eigenvalue weighted by Crippen LogP contribution is 2.27. The Balaban J connectivity index is 1.52. The predicted octanol–water partition coefficient (Wildman–Crippen LogP) is 3.55. The minimum Gasteiger partial charge on any atom is -0.331 e. The number of hydrazone groups is 1. The molecule has 0 aliphatic carbocycles. The summed E-state index contributed by atoms with van der Waals surface area (Å²) >= 11 is 7.46. The Kier molecular flexibility index (Phi) is 5.55. The van der Waals surface area contributed by atoms with Gasteiger partial charge in [0.15, 0.2) is 16.0 Å². The van der Waals surface area contributed by atoms with Crippen LogP contribution in [-0.2, 0) is 7.05 Å². The van der Waals surface area contributed by atoms with Gasteiger partial charge in [-0.2, -0.15) is 10.2 Å². The van der Waals surface area contributed by atoms with E-state index in [2.05, 4.69) is 25.9 Å². The lowest BCUT2D eigenvalue weighted by Gasteiger charge is -2.06. The highest BCUT2D eigenvalue weighted by molar-refractivity contribution is 7.17. The quantitative estimate of drug-likeness (QED) is 0.366. The molecule has 4 aromatic rings. The maximum Gasteiger partial charge on any atom is 0.292 e. The van der Waals surface area contributed by atoms with Crippen molar-refractivity contribution in [3.8, 4) is 0 Å². The standard InChI is InChI=1S/C20H15ClN6O2S/c1-27-19(29)14-10-6-5-9-13(14)16(26-27)18(28)25-22-11-15-17(21)24-20(30-15)23-12-7-3-2-4-8-12/h2-11H,1H3,(H,23,24)(H,25,28)/b22-11+. The van der Waals surface area contributed by atoms with Crippen LogP contribution in [-0.4, -0.2) is 26.9 Å². The first kappa shape index (κ1) is 19.7. The number of hydrogen-bond donors (Lipinski definition) is 2. The number of thiazole rings is 1. The number of nitrogens with one attached hydrogen (secondary N) is 2. The Labute approximate surface area is 179 Å². The van der Waals surface area contributed by atoms with E-state index in [9.17, 15) is 9.59 Å². The summed E-state index contributed by atoms with van der Waals surface area (Å²) in [5.41, 5.74) is 3.13. The van der Waals surface area contributed by atoms with Crippen molar-refractivity contribution in [2.24, 2.45) is 12.1 Å². The van der Waals surface area contributed by atoms with E-state index in [-0.39, 0.29) is 16.4 Å². The number of nitrogens with zero attached hydrogens (tertiary/aromatic N) is 4. The average Bonchev–Trinajstić information content (AvgIpc) is 3.10. The second-order valence-electron chi connectivity index (χ2n) is 6.19. The highest BCUT2D eigenvalue weighted by Gasteiger charge is 2.15. The zero-order valence-corrected chi connectivity index (χ0v) is 17.2. The van der Waals surface area contributed by atoms with Crippen molar-refractivity contribution < 1.29 is 4.79 Å². The molecule has 1 amide bonds. The van der Waals surface area contributed by atoms with Crippen molar-refractivity contribution in [2.75, 3.05) is 5.32 Å². The summed E-state index contributed by atoms with van der Waals surface area (Å²) in [6.45, 7) is 0. The number of aromatic nitrogens is 3. The fourth-order valence-corrected chi connectivity index (χ4v) is 3.81. The summed E-state index contributed by atoms with van der Waals surface area (Å²) < 4.78 is 1.13. The van der Waals surface area contributed by atoms with Gasteiger partial charge in [-0.05, 0) is 18.2 Å². The summed E-state index contributed by atoms with van der Waals surface area (Å²) in [7, 11) is 1.49. The summed E-state index contributed by atoms with van der Waals surface area (Å²) in [6.07, 6.45) is 1.41. The molecule has 2 aromatic heterocycles. The molecule has 2 heterocycles. The van der Waals surface area contributed by atoms with Crippen molar-refractivity contribution in [2.45, 2.75) is 0 Å². The topological polar surface area (TPSA) is 101 Å². The van der Waals surface area contributed by atoms with Crippen molar-refractivity contribution in [3.63, 3.8) is 0 Å². The molecule has 0 unspecified atom stereocenters. The maximum absolute atomic E-state index is 12.6. The van der Waals surface area contributed by atoms with Gasteiger partial charge in [0.25, 0.3) is 11.5 Å². The smallest absolute Gasteiger partial charge is 0.292 e. The van der Waals surface area contributed by atoms with E-state index in [1.54, 1.807) is 24.3 Å². The molecule has 10 heteroatoms. The number of rotatable bonds is 5. The third-order valence-electron chi connectivity index (χ3n) is 4.15. The third kappa shape index (κ3) is 4.07. The molecule has 4 rings (SSSR count). The highest BCUT2D eigenvalue weighted by atomic mass is 35.5. The van der Waals surface area contributed by atoms with E-state index in [0.717, 1.165) is 10.4 Å². The molecule has 0 aliphatic heterocycles. The Hall–Kier alpha value is -3.56. The second-order valence-corrected chi connectivity index (χ2v) is 7.58. The van der Waals surface area contributed by atoms with E-state index in [0.29, 0.717) is 20.8 Å². The van der Waals surface area contributed by atoms with Crippen LogP contribution in [0, 0.1) is 0 Å². The minimum absolute atomic E-state index is 0.103. The van der Waals surface area contributed by atoms with Gasteiger partial charge < -0.3 is 5.32 Å². The van der Waals surface area contributed by atoms with Crippen LogP contribution in [0.1, 0.15) is 15.4 Å². The van der Waals surface area contributed by atoms with Crippen molar-refractivity contribution in [3.05, 3.63) is 80.7 Å². The lowest BCUT2D eigenvalue weighted by atomic mass is 10.1. The van der Waals surface area contributed by atoms with Crippen LogP contribution in [0.25, 0.3) is 10.8 Å². The maximum atomic E-state index is 12.6. The Morgan fingerprint density at radius 3 is 2.60 bits per heavy atom. The minimum atomic E-state index is -0.540. The first-order valence-corrected chi connectivity index (χ1v) is 10.0. The van der Waals surface area contributed by atoms with Gasteiger partial charge in [-0.3, -0.25) is 9.59 Å². The van der Waals surface area contributed by atoms with Gasteiger partial charge >= 0.3 is 0 Å². The number of carbonyl (C=O) groups is 1. The fourth-order valence-electron chi connectivity index (χ4n) is 2.76. The van der Waals surface area contributed by atoms with Crippen LogP contribution in [0.2, 0.25) is 5.15 Å². The zero-order chi connectivity index (χ0) is 21.1. The van der Waals surface area contributed by atoms with Crippen LogP contribution in [0.15, 0.2) is 64.5 Å². The molecule has 0 radical (unpaired) electrons. The summed E-state index contributed by atoms with van der Waals surface area (Å²) in [5.74, 6) is -0.540. The van der Waals surface area contributed by atoms with E-state index >= 15 is 0 Å². The number of carbonyl (C=O) groups excluding carboxylic acids is 1.